The molecule has 2 atom stereocenters. The lowest BCUT2D eigenvalue weighted by Crippen LogP contribution is -2.48. The summed E-state index contributed by atoms with van der Waals surface area (Å²) in [4.78, 5) is 30.7. The second-order valence-corrected chi connectivity index (χ2v) is 9.73. The molecule has 1 aromatic rings. The zero-order valence-electron chi connectivity index (χ0n) is 16.9. The Labute approximate surface area is 175 Å². The number of amides is 1. The lowest BCUT2D eigenvalue weighted by Gasteiger charge is -2.39. The Kier molecular flexibility index (Phi) is 5.30. The molecule has 0 aromatic heterocycles. The average molecular weight is 425 g/mol. The van der Waals surface area contributed by atoms with Gasteiger partial charge in [0.15, 0.2) is 0 Å². The number of hydrogen-bond donors (Lipinski definition) is 1. The Bertz CT molecular complexity index is 865. The molecule has 2 saturated carbocycles. The summed E-state index contributed by atoms with van der Waals surface area (Å²) in [5.41, 5.74) is -0.209. The Hall–Kier alpha value is -1.59. The first-order valence-corrected chi connectivity index (χ1v) is 10.2. The van der Waals surface area contributed by atoms with Crippen molar-refractivity contribution in [3.8, 4) is 0 Å². The van der Waals surface area contributed by atoms with Gasteiger partial charge >= 0.3 is 5.97 Å². The van der Waals surface area contributed by atoms with Crippen molar-refractivity contribution in [2.45, 2.75) is 59.9 Å². The van der Waals surface area contributed by atoms with Crippen LogP contribution in [0.1, 0.15) is 64.2 Å². The molecule has 0 heterocycles. The molecule has 2 aliphatic rings. The number of nitrogens with zero attached hydrogens (tertiary/aromatic N) is 1. The van der Waals surface area contributed by atoms with Crippen LogP contribution >= 0.6 is 23.2 Å². The molecule has 152 valence electrons. The Morgan fingerprint density at radius 3 is 2.46 bits per heavy atom. The third-order valence-electron chi connectivity index (χ3n) is 6.98. The SMILES string of the molecule is CC(C)NC(=O)C12CCC(C)(C(=NOC(=O)c3ccc(Cl)cc3Cl)C1)C2(C)C. The molecule has 3 rings (SSSR count). The Morgan fingerprint density at radius 2 is 1.86 bits per heavy atom. The summed E-state index contributed by atoms with van der Waals surface area (Å²) in [7, 11) is 0. The molecule has 5 nitrogen and oxygen atoms in total. The number of carbonyl (C=O) groups is 2. The van der Waals surface area contributed by atoms with Gasteiger partial charge in [-0.3, -0.25) is 4.79 Å². The van der Waals surface area contributed by atoms with E-state index in [4.69, 9.17) is 28.0 Å². The van der Waals surface area contributed by atoms with Crippen LogP contribution in [0, 0.1) is 16.2 Å². The van der Waals surface area contributed by atoms with E-state index in [-0.39, 0.29) is 33.4 Å². The normalized spacial score (nSPS) is 29.4. The zero-order valence-corrected chi connectivity index (χ0v) is 18.4. The zero-order chi connectivity index (χ0) is 20.9. The number of carbonyl (C=O) groups excluding carboxylic acids is 2. The van der Waals surface area contributed by atoms with E-state index < -0.39 is 11.4 Å². The fraction of sp³-hybridized carbons (Fsp3) is 0.571. The van der Waals surface area contributed by atoms with Gasteiger partial charge in [-0.1, -0.05) is 49.1 Å². The molecule has 2 aliphatic carbocycles. The van der Waals surface area contributed by atoms with Gasteiger partial charge in [0.25, 0.3) is 0 Å². The predicted octanol–water partition coefficient (Wildman–Crippen LogP) is 5.25. The number of fused-ring (bicyclic) bond motifs is 2. The van der Waals surface area contributed by atoms with E-state index in [1.807, 2.05) is 13.8 Å². The van der Waals surface area contributed by atoms with Crippen LogP contribution < -0.4 is 5.32 Å². The minimum atomic E-state index is -0.640. The summed E-state index contributed by atoms with van der Waals surface area (Å²) in [6.07, 6.45) is 2.10. The minimum Gasteiger partial charge on any atom is -0.353 e. The topological polar surface area (TPSA) is 67.8 Å². The maximum atomic E-state index is 13.1. The molecule has 0 spiro atoms. The minimum absolute atomic E-state index is 0.0495. The third-order valence-corrected chi connectivity index (χ3v) is 7.53. The van der Waals surface area contributed by atoms with Gasteiger partial charge < -0.3 is 10.2 Å². The number of benzene rings is 1. The van der Waals surface area contributed by atoms with Crippen LogP contribution in [0.15, 0.2) is 23.4 Å². The standard InChI is InChI=1S/C21H26Cl2N2O3/c1-12(2)24-18(27)21-9-8-20(5,19(21,3)4)16(11-21)25-28-17(26)14-7-6-13(22)10-15(14)23/h6-7,10,12H,8-9,11H2,1-5H3,(H,24,27). The maximum Gasteiger partial charge on any atom is 0.367 e. The molecule has 1 amide bonds. The smallest absolute Gasteiger partial charge is 0.353 e. The van der Waals surface area contributed by atoms with Gasteiger partial charge in [-0.05, 0) is 50.3 Å². The van der Waals surface area contributed by atoms with E-state index in [9.17, 15) is 9.59 Å². The molecule has 2 bridgehead atoms. The van der Waals surface area contributed by atoms with Gasteiger partial charge in [-0.2, -0.15) is 0 Å². The van der Waals surface area contributed by atoms with Crippen molar-refractivity contribution >= 4 is 40.8 Å². The number of oxime groups is 1. The molecule has 1 N–H and O–H groups in total. The van der Waals surface area contributed by atoms with Crippen molar-refractivity contribution in [1.82, 2.24) is 5.32 Å². The van der Waals surface area contributed by atoms with Gasteiger partial charge in [0.1, 0.15) is 0 Å². The van der Waals surface area contributed by atoms with Crippen LogP contribution in [0.5, 0.6) is 0 Å². The van der Waals surface area contributed by atoms with E-state index in [0.717, 1.165) is 18.6 Å². The summed E-state index contributed by atoms with van der Waals surface area (Å²) in [6.45, 7) is 10.2. The lowest BCUT2D eigenvalue weighted by molar-refractivity contribution is -0.136. The second kappa shape index (κ2) is 7.03. The molecule has 2 fully saturated rings. The summed E-state index contributed by atoms with van der Waals surface area (Å²) < 4.78 is 0. The van der Waals surface area contributed by atoms with Crippen molar-refractivity contribution in [2.24, 2.45) is 21.4 Å². The molecule has 7 heteroatoms. The fourth-order valence-corrected chi connectivity index (χ4v) is 5.21. The predicted molar refractivity (Wildman–Crippen MR) is 111 cm³/mol. The number of rotatable bonds is 4. The van der Waals surface area contributed by atoms with E-state index in [1.54, 1.807) is 6.07 Å². The van der Waals surface area contributed by atoms with E-state index in [0.29, 0.717) is 11.4 Å². The van der Waals surface area contributed by atoms with Crippen LogP contribution in [0.25, 0.3) is 0 Å². The number of hydrogen-bond acceptors (Lipinski definition) is 4. The van der Waals surface area contributed by atoms with Crippen LogP contribution in [0.2, 0.25) is 10.0 Å². The second-order valence-electron chi connectivity index (χ2n) is 8.89. The van der Waals surface area contributed by atoms with Gasteiger partial charge in [0.05, 0.1) is 21.7 Å². The quantitative estimate of drug-likeness (QED) is 0.530. The highest BCUT2D eigenvalue weighted by Gasteiger charge is 2.71. The number of nitrogens with one attached hydrogen (secondary N) is 1. The molecule has 0 radical (unpaired) electrons. The first-order valence-electron chi connectivity index (χ1n) is 9.49. The van der Waals surface area contributed by atoms with Gasteiger partial charge in [-0.15, -0.1) is 0 Å². The van der Waals surface area contributed by atoms with E-state index in [2.05, 4.69) is 31.2 Å². The van der Waals surface area contributed by atoms with Crippen molar-refractivity contribution in [3.63, 3.8) is 0 Å². The molecular formula is C21H26Cl2N2O3. The fourth-order valence-electron chi connectivity index (χ4n) is 4.72. The van der Waals surface area contributed by atoms with Crippen LogP contribution in [0.4, 0.5) is 0 Å². The molecule has 1 aromatic carbocycles. The molecule has 28 heavy (non-hydrogen) atoms. The van der Waals surface area contributed by atoms with E-state index >= 15 is 0 Å². The van der Waals surface area contributed by atoms with Crippen LogP contribution in [0.3, 0.4) is 0 Å². The number of halogens is 2. The van der Waals surface area contributed by atoms with Crippen molar-refractivity contribution in [1.29, 1.82) is 0 Å². The molecule has 0 aliphatic heterocycles. The molecular weight excluding hydrogens is 399 g/mol. The first-order chi connectivity index (χ1) is 12.9. The highest BCUT2D eigenvalue weighted by Crippen LogP contribution is 2.71. The van der Waals surface area contributed by atoms with Crippen LogP contribution in [-0.2, 0) is 9.63 Å². The maximum absolute atomic E-state index is 13.1. The average Bonchev–Trinajstić information content (AvgIpc) is 2.89. The Balaban J connectivity index is 1.87. The van der Waals surface area contributed by atoms with Crippen molar-refractivity contribution in [2.75, 3.05) is 0 Å². The summed E-state index contributed by atoms with van der Waals surface area (Å²) in [5, 5.41) is 7.93. The highest BCUT2D eigenvalue weighted by atomic mass is 35.5. The first kappa shape index (κ1) is 21.1. The summed E-state index contributed by atoms with van der Waals surface area (Å²) in [6, 6.07) is 4.64. The molecule has 0 saturated heterocycles. The highest BCUT2D eigenvalue weighted by molar-refractivity contribution is 6.36. The summed E-state index contributed by atoms with van der Waals surface area (Å²) >= 11 is 12.0. The van der Waals surface area contributed by atoms with Crippen molar-refractivity contribution < 1.29 is 14.4 Å². The van der Waals surface area contributed by atoms with Gasteiger partial charge in [-0.25, -0.2) is 4.79 Å². The van der Waals surface area contributed by atoms with Crippen LogP contribution in [-0.4, -0.2) is 23.6 Å². The molecule has 2 unspecified atom stereocenters. The lowest BCUT2D eigenvalue weighted by atomic mass is 9.64. The monoisotopic (exact) mass is 424 g/mol. The van der Waals surface area contributed by atoms with Gasteiger partial charge in [0.2, 0.25) is 5.91 Å². The van der Waals surface area contributed by atoms with E-state index in [1.165, 1.54) is 12.1 Å². The summed E-state index contributed by atoms with van der Waals surface area (Å²) in [5.74, 6) is -0.590. The van der Waals surface area contributed by atoms with Crippen molar-refractivity contribution in [3.05, 3.63) is 33.8 Å². The Morgan fingerprint density at radius 1 is 1.18 bits per heavy atom. The largest absolute Gasteiger partial charge is 0.367 e. The third kappa shape index (κ3) is 3.03. The van der Waals surface area contributed by atoms with Gasteiger partial charge in [0, 0.05) is 22.9 Å².